The predicted octanol–water partition coefficient (Wildman–Crippen LogP) is 1.93. The minimum atomic E-state index is -0.286. The third-order valence-corrected chi connectivity index (χ3v) is 2.74. The summed E-state index contributed by atoms with van der Waals surface area (Å²) in [5.74, 6) is -0.286. The summed E-state index contributed by atoms with van der Waals surface area (Å²) in [5, 5.41) is 8.80. The van der Waals surface area contributed by atoms with Crippen LogP contribution in [0.3, 0.4) is 0 Å². The molecule has 3 N–H and O–H groups in total. The van der Waals surface area contributed by atoms with E-state index in [1.165, 1.54) is 0 Å². The van der Waals surface area contributed by atoms with Crippen LogP contribution in [0.15, 0.2) is 24.3 Å². The first-order valence-corrected chi connectivity index (χ1v) is 6.30. The van der Waals surface area contributed by atoms with Gasteiger partial charge in [-0.1, -0.05) is 12.1 Å². The summed E-state index contributed by atoms with van der Waals surface area (Å²) < 4.78 is 4.91. The number of aliphatic hydroxyl groups is 1. The van der Waals surface area contributed by atoms with Crippen LogP contribution in [-0.2, 0) is 11.2 Å². The van der Waals surface area contributed by atoms with Gasteiger partial charge in [-0.3, -0.25) is 0 Å². The Hall–Kier alpha value is -1.10. The maximum absolute atomic E-state index is 11.4. The second kappa shape index (κ2) is 9.78. The number of carbonyl (C=O) groups excluding carboxylic acids is 1. The van der Waals surface area contributed by atoms with Gasteiger partial charge in [0.25, 0.3) is 0 Å². The zero-order chi connectivity index (χ0) is 13.4. The van der Waals surface area contributed by atoms with E-state index in [4.69, 9.17) is 15.6 Å². The summed E-state index contributed by atoms with van der Waals surface area (Å²) in [6, 6.07) is 7.27. The number of nitrogens with two attached hydrogens (primary N) is 1. The quantitative estimate of drug-likeness (QED) is 0.752. The molecule has 4 nitrogen and oxygen atoms in total. The van der Waals surface area contributed by atoms with Crippen LogP contribution < -0.4 is 5.73 Å². The Kier molecular flexibility index (Phi) is 9.21. The van der Waals surface area contributed by atoms with Crippen LogP contribution in [0.4, 0.5) is 0 Å². The molecule has 0 amide bonds. The maximum Gasteiger partial charge on any atom is 0.338 e. The third kappa shape index (κ3) is 6.57. The van der Waals surface area contributed by atoms with Gasteiger partial charge in [-0.25, -0.2) is 4.79 Å². The fraction of sp³-hybridized carbons (Fsp3) is 0.500. The Morgan fingerprint density at radius 1 is 1.37 bits per heavy atom. The van der Waals surface area contributed by atoms with Crippen LogP contribution in [0.5, 0.6) is 0 Å². The Morgan fingerprint density at radius 2 is 2.00 bits per heavy atom. The molecule has 0 aliphatic rings. The molecule has 0 bridgehead atoms. The lowest BCUT2D eigenvalue weighted by Gasteiger charge is -2.07. The summed E-state index contributed by atoms with van der Waals surface area (Å²) in [6.45, 7) is 2.21. The number of carbonyl (C=O) groups is 1. The maximum atomic E-state index is 11.4. The van der Waals surface area contributed by atoms with Crippen molar-refractivity contribution in [1.82, 2.24) is 0 Å². The normalized spacial score (nSPS) is 11.5. The topological polar surface area (TPSA) is 72.5 Å². The van der Waals surface area contributed by atoms with Gasteiger partial charge in [0.1, 0.15) is 0 Å². The van der Waals surface area contributed by atoms with Gasteiger partial charge in [-0.15, -0.1) is 12.4 Å². The van der Waals surface area contributed by atoms with Crippen molar-refractivity contribution in [2.24, 2.45) is 5.73 Å². The molecule has 0 aliphatic carbocycles. The largest absolute Gasteiger partial charge is 0.462 e. The molecule has 1 aromatic rings. The SMILES string of the molecule is CCOC(=O)c1ccc(CCCC(N)CO)cc1.Cl. The van der Waals surface area contributed by atoms with Crippen molar-refractivity contribution < 1.29 is 14.6 Å². The molecular formula is C14H22ClNO3. The second-order valence-corrected chi connectivity index (χ2v) is 4.25. The van der Waals surface area contributed by atoms with Crippen LogP contribution >= 0.6 is 12.4 Å². The van der Waals surface area contributed by atoms with Gasteiger partial charge in [-0.2, -0.15) is 0 Å². The first kappa shape index (κ1) is 17.9. The lowest BCUT2D eigenvalue weighted by Crippen LogP contribution is -2.24. The van der Waals surface area contributed by atoms with Crippen LogP contribution in [0.1, 0.15) is 35.7 Å². The van der Waals surface area contributed by atoms with Crippen molar-refractivity contribution >= 4 is 18.4 Å². The number of ether oxygens (including phenoxy) is 1. The zero-order valence-corrected chi connectivity index (χ0v) is 12.0. The summed E-state index contributed by atoms with van der Waals surface area (Å²) in [5.41, 5.74) is 7.36. The lowest BCUT2D eigenvalue weighted by molar-refractivity contribution is 0.0526. The van der Waals surface area contributed by atoms with Gasteiger partial charge in [0, 0.05) is 6.04 Å². The summed E-state index contributed by atoms with van der Waals surface area (Å²) in [4.78, 5) is 11.4. The van der Waals surface area contributed by atoms with Crippen molar-refractivity contribution in [2.75, 3.05) is 13.2 Å². The minimum Gasteiger partial charge on any atom is -0.462 e. The molecule has 0 saturated heterocycles. The van der Waals surface area contributed by atoms with Crippen LogP contribution in [0.2, 0.25) is 0 Å². The van der Waals surface area contributed by atoms with Crippen molar-refractivity contribution in [3.05, 3.63) is 35.4 Å². The van der Waals surface area contributed by atoms with E-state index in [1.807, 2.05) is 12.1 Å². The zero-order valence-electron chi connectivity index (χ0n) is 11.2. The Bertz CT molecular complexity index is 367. The highest BCUT2D eigenvalue weighted by atomic mass is 35.5. The van der Waals surface area contributed by atoms with Crippen LogP contribution in [-0.4, -0.2) is 30.3 Å². The van der Waals surface area contributed by atoms with E-state index >= 15 is 0 Å². The predicted molar refractivity (Wildman–Crippen MR) is 77.6 cm³/mol. The van der Waals surface area contributed by atoms with Crippen molar-refractivity contribution in [3.8, 4) is 0 Å². The summed E-state index contributed by atoms with van der Waals surface area (Å²) in [6.07, 6.45) is 2.63. The third-order valence-electron chi connectivity index (χ3n) is 2.74. The van der Waals surface area contributed by atoms with Gasteiger partial charge in [0.05, 0.1) is 18.8 Å². The molecule has 0 heterocycles. The van der Waals surface area contributed by atoms with E-state index in [0.29, 0.717) is 12.2 Å². The number of halogens is 1. The molecule has 19 heavy (non-hydrogen) atoms. The number of aryl methyl sites for hydroxylation is 1. The molecule has 0 aromatic heterocycles. The van der Waals surface area contributed by atoms with E-state index in [2.05, 4.69) is 0 Å². The summed E-state index contributed by atoms with van der Waals surface area (Å²) >= 11 is 0. The average Bonchev–Trinajstić information content (AvgIpc) is 2.39. The van der Waals surface area contributed by atoms with E-state index in [-0.39, 0.29) is 31.0 Å². The molecule has 1 aromatic carbocycles. The molecule has 5 heteroatoms. The van der Waals surface area contributed by atoms with Crippen molar-refractivity contribution in [2.45, 2.75) is 32.2 Å². The first-order chi connectivity index (χ1) is 8.67. The fourth-order valence-electron chi connectivity index (χ4n) is 1.68. The molecule has 1 atom stereocenters. The van der Waals surface area contributed by atoms with E-state index in [1.54, 1.807) is 19.1 Å². The molecular weight excluding hydrogens is 266 g/mol. The molecule has 0 radical (unpaired) electrons. The highest BCUT2D eigenvalue weighted by Crippen LogP contribution is 2.09. The van der Waals surface area contributed by atoms with Gasteiger partial charge >= 0.3 is 5.97 Å². The molecule has 1 unspecified atom stereocenters. The summed E-state index contributed by atoms with van der Waals surface area (Å²) in [7, 11) is 0. The van der Waals surface area contributed by atoms with Crippen LogP contribution in [0, 0.1) is 0 Å². The number of hydrogen-bond acceptors (Lipinski definition) is 4. The second-order valence-electron chi connectivity index (χ2n) is 4.25. The van der Waals surface area contributed by atoms with Crippen molar-refractivity contribution in [3.63, 3.8) is 0 Å². The highest BCUT2D eigenvalue weighted by Gasteiger charge is 2.06. The van der Waals surface area contributed by atoms with Crippen LogP contribution in [0.25, 0.3) is 0 Å². The number of benzene rings is 1. The van der Waals surface area contributed by atoms with Gasteiger partial charge < -0.3 is 15.6 Å². The van der Waals surface area contributed by atoms with Gasteiger partial charge in [0.15, 0.2) is 0 Å². The number of esters is 1. The molecule has 0 fully saturated rings. The molecule has 108 valence electrons. The lowest BCUT2D eigenvalue weighted by atomic mass is 10.0. The fourth-order valence-corrected chi connectivity index (χ4v) is 1.68. The molecule has 1 rings (SSSR count). The Balaban J connectivity index is 0.00000324. The van der Waals surface area contributed by atoms with Gasteiger partial charge in [0.2, 0.25) is 0 Å². The van der Waals surface area contributed by atoms with E-state index in [0.717, 1.165) is 24.8 Å². The Labute approximate surface area is 120 Å². The minimum absolute atomic E-state index is 0. The van der Waals surface area contributed by atoms with Crippen molar-refractivity contribution in [1.29, 1.82) is 0 Å². The molecule has 0 saturated carbocycles. The molecule has 0 aliphatic heterocycles. The highest BCUT2D eigenvalue weighted by molar-refractivity contribution is 5.89. The number of aliphatic hydroxyl groups excluding tert-OH is 1. The first-order valence-electron chi connectivity index (χ1n) is 6.30. The smallest absolute Gasteiger partial charge is 0.338 e. The van der Waals surface area contributed by atoms with E-state index < -0.39 is 0 Å². The standard InChI is InChI=1S/C14H21NO3.ClH/c1-2-18-14(17)12-8-6-11(7-9-12)4-3-5-13(15)10-16;/h6-9,13,16H,2-5,10,15H2,1H3;1H. The monoisotopic (exact) mass is 287 g/mol. The van der Waals surface area contributed by atoms with E-state index in [9.17, 15) is 4.79 Å². The molecule has 0 spiro atoms. The Morgan fingerprint density at radius 3 is 2.53 bits per heavy atom. The van der Waals surface area contributed by atoms with Gasteiger partial charge in [-0.05, 0) is 43.9 Å². The number of hydrogen-bond donors (Lipinski definition) is 2. The number of rotatable bonds is 7. The average molecular weight is 288 g/mol.